The van der Waals surface area contributed by atoms with Crippen LogP contribution in [0.1, 0.15) is 43.2 Å². The molecule has 18 heavy (non-hydrogen) atoms. The van der Waals surface area contributed by atoms with Crippen LogP contribution in [0.4, 0.5) is 8.78 Å². The van der Waals surface area contributed by atoms with Crippen molar-refractivity contribution in [3.05, 3.63) is 35.4 Å². The number of rotatable bonds is 4. The molecule has 1 fully saturated rings. The number of halogens is 2. The molecule has 1 saturated carbocycles. The van der Waals surface area contributed by atoms with Gasteiger partial charge in [0, 0.05) is 18.2 Å². The van der Waals surface area contributed by atoms with Gasteiger partial charge in [0.15, 0.2) is 0 Å². The van der Waals surface area contributed by atoms with Gasteiger partial charge in [-0.05, 0) is 37.3 Å². The Hall–Kier alpha value is -1.00. The summed E-state index contributed by atoms with van der Waals surface area (Å²) >= 11 is 0. The molecule has 1 aliphatic rings. The van der Waals surface area contributed by atoms with Crippen molar-refractivity contribution in [3.63, 3.8) is 0 Å². The summed E-state index contributed by atoms with van der Waals surface area (Å²) in [4.78, 5) is 0. The predicted molar refractivity (Wildman–Crippen MR) is 66.5 cm³/mol. The zero-order valence-electron chi connectivity index (χ0n) is 10.3. The average molecular weight is 255 g/mol. The van der Waals surface area contributed by atoms with E-state index in [-0.39, 0.29) is 11.7 Å². The van der Waals surface area contributed by atoms with Gasteiger partial charge >= 0.3 is 0 Å². The highest BCUT2D eigenvalue weighted by molar-refractivity contribution is 5.24. The van der Waals surface area contributed by atoms with Crippen molar-refractivity contribution in [1.29, 1.82) is 0 Å². The molecule has 0 aromatic heterocycles. The molecule has 4 heteroatoms. The van der Waals surface area contributed by atoms with Crippen LogP contribution >= 0.6 is 0 Å². The third kappa shape index (κ3) is 3.75. The Bertz CT molecular complexity index is 384. The van der Waals surface area contributed by atoms with Gasteiger partial charge in [0.1, 0.15) is 0 Å². The van der Waals surface area contributed by atoms with Gasteiger partial charge in [0.25, 0.3) is 6.43 Å². The number of hydrogen-bond donors (Lipinski definition) is 2. The van der Waals surface area contributed by atoms with E-state index >= 15 is 0 Å². The van der Waals surface area contributed by atoms with Gasteiger partial charge in [-0.25, -0.2) is 8.78 Å². The molecule has 2 unspecified atom stereocenters. The smallest absolute Gasteiger partial charge is 0.263 e. The summed E-state index contributed by atoms with van der Waals surface area (Å²) in [6.07, 6.45) is 1.07. The molecule has 1 aromatic carbocycles. The van der Waals surface area contributed by atoms with Crippen molar-refractivity contribution in [1.82, 2.24) is 5.32 Å². The number of nitrogens with one attached hydrogen (secondary N) is 1. The fraction of sp³-hybridized carbons (Fsp3) is 0.571. The first-order valence-corrected chi connectivity index (χ1v) is 6.43. The first kappa shape index (κ1) is 13.4. The average Bonchev–Trinajstić information content (AvgIpc) is 2.37. The molecule has 0 bridgehead atoms. The molecule has 2 atom stereocenters. The van der Waals surface area contributed by atoms with Gasteiger partial charge in [0.2, 0.25) is 0 Å². The number of alkyl halides is 2. The Labute approximate surface area is 106 Å². The normalized spacial score (nSPS) is 24.4. The first-order valence-electron chi connectivity index (χ1n) is 6.43. The maximum absolute atomic E-state index is 12.5. The van der Waals surface area contributed by atoms with E-state index in [2.05, 4.69) is 5.32 Å². The molecular formula is C14H19F2NO. The fourth-order valence-electron chi connectivity index (χ4n) is 2.45. The third-order valence-electron chi connectivity index (χ3n) is 3.44. The highest BCUT2D eigenvalue weighted by Crippen LogP contribution is 2.21. The first-order chi connectivity index (χ1) is 8.65. The van der Waals surface area contributed by atoms with Crippen LogP contribution in [-0.2, 0) is 6.54 Å². The summed E-state index contributed by atoms with van der Waals surface area (Å²) in [6, 6.07) is 6.78. The van der Waals surface area contributed by atoms with Crippen molar-refractivity contribution < 1.29 is 13.9 Å². The van der Waals surface area contributed by atoms with Crippen molar-refractivity contribution in [3.8, 4) is 0 Å². The predicted octanol–water partition coefficient (Wildman–Crippen LogP) is 3.02. The quantitative estimate of drug-likeness (QED) is 0.866. The van der Waals surface area contributed by atoms with Crippen molar-refractivity contribution in [2.24, 2.45) is 0 Å². The van der Waals surface area contributed by atoms with Gasteiger partial charge in [-0.3, -0.25) is 0 Å². The fourth-order valence-corrected chi connectivity index (χ4v) is 2.45. The van der Waals surface area contributed by atoms with Crippen molar-refractivity contribution in [2.75, 3.05) is 0 Å². The lowest BCUT2D eigenvalue weighted by Crippen LogP contribution is -2.35. The van der Waals surface area contributed by atoms with Gasteiger partial charge in [-0.1, -0.05) is 18.2 Å². The highest BCUT2D eigenvalue weighted by Gasteiger charge is 2.19. The summed E-state index contributed by atoms with van der Waals surface area (Å²) in [6.45, 7) is 0.581. The lowest BCUT2D eigenvalue weighted by Gasteiger charge is -2.26. The molecule has 0 amide bonds. The number of aliphatic hydroxyl groups is 1. The van der Waals surface area contributed by atoms with Crippen LogP contribution in [0.25, 0.3) is 0 Å². The van der Waals surface area contributed by atoms with Crippen LogP contribution in [0.15, 0.2) is 24.3 Å². The van der Waals surface area contributed by atoms with Crippen LogP contribution in [0.3, 0.4) is 0 Å². The Morgan fingerprint density at radius 3 is 2.89 bits per heavy atom. The number of benzene rings is 1. The van der Waals surface area contributed by atoms with Crippen LogP contribution in [0.5, 0.6) is 0 Å². The van der Waals surface area contributed by atoms with E-state index in [0.717, 1.165) is 31.2 Å². The van der Waals surface area contributed by atoms with Gasteiger partial charge in [-0.15, -0.1) is 0 Å². The molecule has 0 heterocycles. The summed E-state index contributed by atoms with van der Waals surface area (Å²) in [7, 11) is 0. The monoisotopic (exact) mass is 255 g/mol. The Morgan fingerprint density at radius 2 is 2.17 bits per heavy atom. The van der Waals surface area contributed by atoms with E-state index in [0.29, 0.717) is 12.6 Å². The van der Waals surface area contributed by atoms with Crippen LogP contribution < -0.4 is 5.32 Å². The molecule has 1 aromatic rings. The molecule has 0 saturated heterocycles. The van der Waals surface area contributed by atoms with E-state index in [4.69, 9.17) is 0 Å². The summed E-state index contributed by atoms with van der Waals surface area (Å²) < 4.78 is 25.1. The van der Waals surface area contributed by atoms with Crippen LogP contribution in [0.2, 0.25) is 0 Å². The zero-order valence-corrected chi connectivity index (χ0v) is 10.3. The lowest BCUT2D eigenvalue weighted by atomic mass is 9.93. The molecule has 1 aliphatic carbocycles. The van der Waals surface area contributed by atoms with Crippen LogP contribution in [-0.4, -0.2) is 17.3 Å². The molecule has 0 aliphatic heterocycles. The second-order valence-corrected chi connectivity index (χ2v) is 4.94. The van der Waals surface area contributed by atoms with E-state index in [1.54, 1.807) is 6.07 Å². The third-order valence-corrected chi connectivity index (χ3v) is 3.44. The minimum atomic E-state index is -2.42. The summed E-state index contributed by atoms with van der Waals surface area (Å²) in [5.74, 6) is 0. The van der Waals surface area contributed by atoms with Gasteiger partial charge in [-0.2, -0.15) is 0 Å². The molecule has 2 nitrogen and oxygen atoms in total. The Balaban J connectivity index is 1.87. The molecule has 100 valence electrons. The topological polar surface area (TPSA) is 32.3 Å². The molecule has 2 rings (SSSR count). The minimum absolute atomic E-state index is 0.0676. The maximum Gasteiger partial charge on any atom is 0.263 e. The second-order valence-electron chi connectivity index (χ2n) is 4.94. The second kappa shape index (κ2) is 6.25. The van der Waals surface area contributed by atoms with E-state index in [1.807, 2.05) is 6.07 Å². The number of hydrogen-bond acceptors (Lipinski definition) is 2. The summed E-state index contributed by atoms with van der Waals surface area (Å²) in [5.41, 5.74) is 0.936. The summed E-state index contributed by atoms with van der Waals surface area (Å²) in [5, 5.41) is 12.9. The van der Waals surface area contributed by atoms with Gasteiger partial charge < -0.3 is 10.4 Å². The van der Waals surface area contributed by atoms with E-state index in [9.17, 15) is 13.9 Å². The van der Waals surface area contributed by atoms with Crippen molar-refractivity contribution >= 4 is 0 Å². The minimum Gasteiger partial charge on any atom is -0.393 e. The number of aliphatic hydroxyl groups excluding tert-OH is 1. The standard InChI is InChI=1S/C14H19F2NO/c15-14(16)11-4-1-3-10(7-11)9-17-12-5-2-6-13(18)8-12/h1,3-4,7,12-14,17-18H,2,5-6,8-9H2. The SMILES string of the molecule is OC1CCCC(NCc2cccc(C(F)F)c2)C1. The maximum atomic E-state index is 12.5. The highest BCUT2D eigenvalue weighted by atomic mass is 19.3. The van der Waals surface area contributed by atoms with E-state index < -0.39 is 6.43 Å². The molecule has 2 N–H and O–H groups in total. The molecule has 0 radical (unpaired) electrons. The van der Waals surface area contributed by atoms with E-state index in [1.165, 1.54) is 12.1 Å². The molecular weight excluding hydrogens is 236 g/mol. The lowest BCUT2D eigenvalue weighted by molar-refractivity contribution is 0.111. The molecule has 0 spiro atoms. The van der Waals surface area contributed by atoms with Crippen molar-refractivity contribution in [2.45, 2.75) is 50.8 Å². The zero-order chi connectivity index (χ0) is 13.0. The van der Waals surface area contributed by atoms with Gasteiger partial charge in [0.05, 0.1) is 6.10 Å². The Morgan fingerprint density at radius 1 is 1.33 bits per heavy atom. The largest absolute Gasteiger partial charge is 0.393 e. The van der Waals surface area contributed by atoms with Crippen LogP contribution in [0, 0.1) is 0 Å². The Kier molecular flexibility index (Phi) is 4.66.